The lowest BCUT2D eigenvalue weighted by Crippen LogP contribution is -1.97. The molecule has 0 heterocycles. The maximum Gasteiger partial charge on any atom is 0.150 e. The van der Waals surface area contributed by atoms with E-state index in [0.29, 0.717) is 32.7 Å². The average Bonchev–Trinajstić information content (AvgIpc) is 2.36. The van der Waals surface area contributed by atoms with Gasteiger partial charge in [0.1, 0.15) is 24.5 Å². The second-order valence-electron chi connectivity index (χ2n) is 3.87. The molecule has 0 bridgehead atoms. The molecule has 0 saturated heterocycles. The highest BCUT2D eigenvalue weighted by molar-refractivity contribution is 9.10. The van der Waals surface area contributed by atoms with Crippen molar-refractivity contribution >= 4 is 33.8 Å². The largest absolute Gasteiger partial charge is 0.487 e. The van der Waals surface area contributed by atoms with Crippen LogP contribution in [-0.4, -0.2) is 6.29 Å². The number of aldehydes is 1. The Bertz CT molecular complexity index is 596. The van der Waals surface area contributed by atoms with E-state index in [9.17, 15) is 9.18 Å². The third kappa shape index (κ3) is 3.78. The number of halogens is 3. The van der Waals surface area contributed by atoms with Gasteiger partial charge in [-0.1, -0.05) is 27.5 Å². The van der Waals surface area contributed by atoms with Gasteiger partial charge in [0, 0.05) is 10.0 Å². The molecule has 0 atom stereocenters. The highest BCUT2D eigenvalue weighted by Gasteiger charge is 2.05. The van der Waals surface area contributed by atoms with Gasteiger partial charge in [0.25, 0.3) is 0 Å². The minimum absolute atomic E-state index is 0.191. The van der Waals surface area contributed by atoms with Gasteiger partial charge in [-0.25, -0.2) is 4.39 Å². The molecule has 2 nitrogen and oxygen atoms in total. The lowest BCUT2D eigenvalue weighted by atomic mass is 10.2. The van der Waals surface area contributed by atoms with E-state index in [2.05, 4.69) is 15.9 Å². The van der Waals surface area contributed by atoms with Gasteiger partial charge >= 0.3 is 0 Å². The molecule has 0 N–H and O–H groups in total. The lowest BCUT2D eigenvalue weighted by molar-refractivity contribution is 0.112. The van der Waals surface area contributed by atoms with E-state index < -0.39 is 0 Å². The predicted molar refractivity (Wildman–Crippen MR) is 75.3 cm³/mol. The minimum Gasteiger partial charge on any atom is -0.487 e. The summed E-state index contributed by atoms with van der Waals surface area (Å²) in [7, 11) is 0. The Morgan fingerprint density at radius 1 is 1.26 bits per heavy atom. The molecule has 0 amide bonds. The molecular weight excluding hydrogens is 335 g/mol. The fraction of sp³-hybridized carbons (Fsp3) is 0.0714. The SMILES string of the molecule is O=Cc1ccc(OCc2cc(F)cc(Br)c2)c(Cl)c1. The highest BCUT2D eigenvalue weighted by Crippen LogP contribution is 2.26. The van der Waals surface area contributed by atoms with Crippen molar-refractivity contribution in [2.24, 2.45) is 0 Å². The zero-order valence-electron chi connectivity index (χ0n) is 9.70. The Labute approximate surface area is 123 Å². The summed E-state index contributed by atoms with van der Waals surface area (Å²) >= 11 is 9.18. The maximum absolute atomic E-state index is 13.2. The molecule has 0 fully saturated rings. The zero-order chi connectivity index (χ0) is 13.8. The van der Waals surface area contributed by atoms with Crippen LogP contribution in [0.4, 0.5) is 4.39 Å². The molecule has 0 spiro atoms. The Morgan fingerprint density at radius 2 is 2.05 bits per heavy atom. The molecule has 0 aliphatic heterocycles. The van der Waals surface area contributed by atoms with Gasteiger partial charge in [-0.15, -0.1) is 0 Å². The van der Waals surface area contributed by atoms with Crippen LogP contribution < -0.4 is 4.74 Å². The fourth-order valence-corrected chi connectivity index (χ4v) is 2.32. The number of hydrogen-bond donors (Lipinski definition) is 0. The maximum atomic E-state index is 13.2. The van der Waals surface area contributed by atoms with E-state index in [1.165, 1.54) is 18.2 Å². The Kier molecular flexibility index (Phi) is 4.56. The summed E-state index contributed by atoms with van der Waals surface area (Å²) in [5, 5.41) is 0.347. The van der Waals surface area contributed by atoms with Gasteiger partial charge in [-0.05, 0) is 42.0 Å². The van der Waals surface area contributed by atoms with Gasteiger partial charge in [0.15, 0.2) is 0 Å². The first kappa shape index (κ1) is 14.0. The second-order valence-corrected chi connectivity index (χ2v) is 5.20. The molecule has 0 unspecified atom stereocenters. The van der Waals surface area contributed by atoms with Crippen LogP contribution in [-0.2, 0) is 6.61 Å². The summed E-state index contributed by atoms with van der Waals surface area (Å²) in [6.45, 7) is 0.191. The van der Waals surface area contributed by atoms with Crippen LogP contribution in [0.15, 0.2) is 40.9 Å². The van der Waals surface area contributed by atoms with Crippen LogP contribution in [0.1, 0.15) is 15.9 Å². The van der Waals surface area contributed by atoms with Gasteiger partial charge in [0.2, 0.25) is 0 Å². The van der Waals surface area contributed by atoms with E-state index in [4.69, 9.17) is 16.3 Å². The van der Waals surface area contributed by atoms with Crippen molar-refractivity contribution in [1.82, 2.24) is 0 Å². The molecule has 2 aromatic carbocycles. The molecule has 0 aliphatic carbocycles. The topological polar surface area (TPSA) is 26.3 Å². The molecule has 0 aliphatic rings. The highest BCUT2D eigenvalue weighted by atomic mass is 79.9. The Balaban J connectivity index is 2.12. The van der Waals surface area contributed by atoms with Crippen molar-refractivity contribution in [3.05, 3.63) is 62.8 Å². The van der Waals surface area contributed by atoms with Gasteiger partial charge in [0.05, 0.1) is 5.02 Å². The summed E-state index contributed by atoms with van der Waals surface area (Å²) in [6.07, 6.45) is 0.708. The molecule has 98 valence electrons. The molecule has 19 heavy (non-hydrogen) atoms. The first-order valence-corrected chi connectivity index (χ1v) is 6.58. The smallest absolute Gasteiger partial charge is 0.150 e. The van der Waals surface area contributed by atoms with Crippen LogP contribution in [0, 0.1) is 5.82 Å². The van der Waals surface area contributed by atoms with Crippen molar-refractivity contribution in [2.75, 3.05) is 0 Å². The standard InChI is InChI=1S/C14H9BrClFO2/c15-11-3-10(4-12(17)6-11)8-19-14-2-1-9(7-18)5-13(14)16/h1-7H,8H2. The van der Waals surface area contributed by atoms with E-state index in [0.717, 1.165) is 0 Å². The van der Waals surface area contributed by atoms with E-state index >= 15 is 0 Å². The first-order chi connectivity index (χ1) is 9.08. The second kappa shape index (κ2) is 6.17. The van der Waals surface area contributed by atoms with Crippen LogP contribution >= 0.6 is 27.5 Å². The normalized spacial score (nSPS) is 10.3. The van der Waals surface area contributed by atoms with E-state index in [-0.39, 0.29) is 12.4 Å². The summed E-state index contributed by atoms with van der Waals surface area (Å²) in [6, 6.07) is 9.26. The summed E-state index contributed by atoms with van der Waals surface area (Å²) in [5.41, 5.74) is 1.16. The molecule has 2 aromatic rings. The molecule has 0 aromatic heterocycles. The van der Waals surface area contributed by atoms with Crippen molar-refractivity contribution in [1.29, 1.82) is 0 Å². The monoisotopic (exact) mass is 342 g/mol. The molecule has 5 heteroatoms. The third-order valence-electron chi connectivity index (χ3n) is 2.41. The van der Waals surface area contributed by atoms with Gasteiger partial charge < -0.3 is 4.74 Å². The van der Waals surface area contributed by atoms with Crippen molar-refractivity contribution in [3.63, 3.8) is 0 Å². The van der Waals surface area contributed by atoms with Crippen molar-refractivity contribution in [2.45, 2.75) is 6.61 Å². The molecule has 2 rings (SSSR count). The molecule has 0 saturated carbocycles. The molecule has 0 radical (unpaired) electrons. The first-order valence-electron chi connectivity index (χ1n) is 5.41. The summed E-state index contributed by atoms with van der Waals surface area (Å²) in [5.74, 6) is 0.114. The molecular formula is C14H9BrClFO2. The summed E-state index contributed by atoms with van der Waals surface area (Å²) < 4.78 is 19.3. The quantitative estimate of drug-likeness (QED) is 0.756. The predicted octanol–water partition coefficient (Wildman–Crippen LogP) is 4.63. The van der Waals surface area contributed by atoms with Gasteiger partial charge in [-0.2, -0.15) is 0 Å². The zero-order valence-corrected chi connectivity index (χ0v) is 12.0. The average molecular weight is 344 g/mol. The van der Waals surface area contributed by atoms with Crippen molar-refractivity contribution < 1.29 is 13.9 Å². The number of rotatable bonds is 4. The van der Waals surface area contributed by atoms with E-state index in [1.807, 2.05) is 0 Å². The Hall–Kier alpha value is -1.39. The van der Waals surface area contributed by atoms with Crippen LogP contribution in [0.5, 0.6) is 5.75 Å². The van der Waals surface area contributed by atoms with Crippen LogP contribution in [0.25, 0.3) is 0 Å². The Morgan fingerprint density at radius 3 is 2.68 bits per heavy atom. The number of carbonyl (C=O) groups is 1. The van der Waals surface area contributed by atoms with Crippen molar-refractivity contribution in [3.8, 4) is 5.75 Å². The third-order valence-corrected chi connectivity index (χ3v) is 3.16. The fourth-order valence-electron chi connectivity index (χ4n) is 1.56. The number of hydrogen-bond acceptors (Lipinski definition) is 2. The number of carbonyl (C=O) groups excluding carboxylic acids is 1. The van der Waals surface area contributed by atoms with Crippen LogP contribution in [0.3, 0.4) is 0 Å². The number of ether oxygens (including phenoxy) is 1. The minimum atomic E-state index is -0.338. The number of benzene rings is 2. The van der Waals surface area contributed by atoms with Crippen LogP contribution in [0.2, 0.25) is 5.02 Å². The summed E-state index contributed by atoms with van der Waals surface area (Å²) in [4.78, 5) is 10.6. The lowest BCUT2D eigenvalue weighted by Gasteiger charge is -2.09. The van der Waals surface area contributed by atoms with E-state index in [1.54, 1.807) is 18.2 Å². The van der Waals surface area contributed by atoms with Gasteiger partial charge in [-0.3, -0.25) is 4.79 Å².